The summed E-state index contributed by atoms with van der Waals surface area (Å²) in [5, 5.41) is 10.4. The zero-order valence-corrected chi connectivity index (χ0v) is 13.0. The summed E-state index contributed by atoms with van der Waals surface area (Å²) < 4.78 is 5.37. The van der Waals surface area contributed by atoms with Gasteiger partial charge < -0.3 is 9.84 Å². The Labute approximate surface area is 126 Å². The molecular formula is C17H25NO3. The molecule has 1 aliphatic rings. The number of benzene rings is 1. The SMILES string of the molecule is CCOc1ccc(C(=O)CN(C)CC2(O)CCCC2)cc1. The van der Waals surface area contributed by atoms with Gasteiger partial charge in [-0.2, -0.15) is 0 Å². The van der Waals surface area contributed by atoms with Crippen molar-refractivity contribution in [1.29, 1.82) is 0 Å². The molecule has 1 saturated carbocycles. The van der Waals surface area contributed by atoms with Gasteiger partial charge in [-0.3, -0.25) is 9.69 Å². The van der Waals surface area contributed by atoms with Crippen LogP contribution in [-0.2, 0) is 0 Å². The van der Waals surface area contributed by atoms with Crippen LogP contribution < -0.4 is 4.74 Å². The average molecular weight is 291 g/mol. The molecule has 1 aliphatic carbocycles. The standard InChI is InChI=1S/C17H25NO3/c1-3-21-15-8-6-14(7-9-15)16(19)12-18(2)13-17(20)10-4-5-11-17/h6-9,20H,3-5,10-13H2,1-2H3. The number of ketones is 1. The minimum atomic E-state index is -0.603. The molecule has 0 heterocycles. The van der Waals surface area contributed by atoms with Crippen molar-refractivity contribution in [2.45, 2.75) is 38.2 Å². The van der Waals surface area contributed by atoms with Crippen molar-refractivity contribution in [3.05, 3.63) is 29.8 Å². The number of aliphatic hydroxyl groups is 1. The zero-order valence-electron chi connectivity index (χ0n) is 13.0. The third-order valence-corrected chi connectivity index (χ3v) is 4.00. The second-order valence-electron chi connectivity index (χ2n) is 5.98. The van der Waals surface area contributed by atoms with E-state index in [0.717, 1.165) is 31.4 Å². The number of carbonyl (C=O) groups excluding carboxylic acids is 1. The molecule has 0 aliphatic heterocycles. The lowest BCUT2D eigenvalue weighted by atomic mass is 10.0. The predicted octanol–water partition coefficient (Wildman–Crippen LogP) is 2.50. The second kappa shape index (κ2) is 7.05. The molecule has 1 aromatic rings. The molecule has 4 nitrogen and oxygen atoms in total. The summed E-state index contributed by atoms with van der Waals surface area (Å²) in [6, 6.07) is 7.24. The van der Waals surface area contributed by atoms with Crippen molar-refractivity contribution in [3.63, 3.8) is 0 Å². The van der Waals surface area contributed by atoms with Crippen LogP contribution in [0.25, 0.3) is 0 Å². The third-order valence-electron chi connectivity index (χ3n) is 4.00. The van der Waals surface area contributed by atoms with Gasteiger partial charge in [0, 0.05) is 12.1 Å². The van der Waals surface area contributed by atoms with E-state index >= 15 is 0 Å². The molecule has 0 bridgehead atoms. The first kappa shape index (κ1) is 16.0. The number of nitrogens with zero attached hydrogens (tertiary/aromatic N) is 1. The maximum Gasteiger partial charge on any atom is 0.176 e. The Balaban J connectivity index is 1.88. The van der Waals surface area contributed by atoms with Crippen molar-refractivity contribution in [2.24, 2.45) is 0 Å². The fourth-order valence-electron chi connectivity index (χ4n) is 2.99. The van der Waals surface area contributed by atoms with E-state index in [1.807, 2.05) is 31.0 Å². The number of carbonyl (C=O) groups is 1. The van der Waals surface area contributed by atoms with Gasteiger partial charge in [0.1, 0.15) is 5.75 Å². The van der Waals surface area contributed by atoms with Crippen LogP contribution in [-0.4, -0.2) is 48.1 Å². The molecular weight excluding hydrogens is 266 g/mol. The van der Waals surface area contributed by atoms with Crippen LogP contribution in [0.1, 0.15) is 43.0 Å². The van der Waals surface area contributed by atoms with Crippen molar-refractivity contribution in [3.8, 4) is 5.75 Å². The lowest BCUT2D eigenvalue weighted by Gasteiger charge is -2.28. The Hall–Kier alpha value is -1.39. The van der Waals surface area contributed by atoms with Gasteiger partial charge in [-0.15, -0.1) is 0 Å². The third kappa shape index (κ3) is 4.55. The van der Waals surface area contributed by atoms with Crippen LogP contribution in [0.4, 0.5) is 0 Å². The summed E-state index contributed by atoms with van der Waals surface area (Å²) >= 11 is 0. The summed E-state index contributed by atoms with van der Waals surface area (Å²) in [4.78, 5) is 14.2. The molecule has 0 aromatic heterocycles. The lowest BCUT2D eigenvalue weighted by molar-refractivity contribution is 0.0172. The quantitative estimate of drug-likeness (QED) is 0.784. The Bertz CT molecular complexity index is 463. The molecule has 2 rings (SSSR count). The topological polar surface area (TPSA) is 49.8 Å². The minimum Gasteiger partial charge on any atom is -0.494 e. The van der Waals surface area contributed by atoms with Crippen LogP contribution in [0.15, 0.2) is 24.3 Å². The smallest absolute Gasteiger partial charge is 0.176 e. The van der Waals surface area contributed by atoms with E-state index in [2.05, 4.69) is 0 Å². The van der Waals surface area contributed by atoms with Gasteiger partial charge in [-0.25, -0.2) is 0 Å². The highest BCUT2D eigenvalue weighted by Crippen LogP contribution is 2.29. The Morgan fingerprint density at radius 1 is 1.29 bits per heavy atom. The maximum absolute atomic E-state index is 12.2. The molecule has 116 valence electrons. The lowest BCUT2D eigenvalue weighted by Crippen LogP contribution is -2.41. The van der Waals surface area contributed by atoms with Gasteiger partial charge in [0.15, 0.2) is 5.78 Å². The zero-order chi connectivity index (χ0) is 15.3. The van der Waals surface area contributed by atoms with Gasteiger partial charge in [-0.1, -0.05) is 12.8 Å². The molecule has 0 saturated heterocycles. The highest BCUT2D eigenvalue weighted by atomic mass is 16.5. The molecule has 0 radical (unpaired) electrons. The molecule has 1 fully saturated rings. The second-order valence-corrected chi connectivity index (χ2v) is 5.98. The normalized spacial score (nSPS) is 17.1. The van der Waals surface area contributed by atoms with E-state index in [-0.39, 0.29) is 5.78 Å². The first-order valence-corrected chi connectivity index (χ1v) is 7.69. The summed E-state index contributed by atoms with van der Waals surface area (Å²) in [7, 11) is 1.89. The van der Waals surface area contributed by atoms with Gasteiger partial charge in [0.05, 0.1) is 18.8 Å². The van der Waals surface area contributed by atoms with E-state index in [1.54, 1.807) is 12.1 Å². The fourth-order valence-corrected chi connectivity index (χ4v) is 2.99. The van der Waals surface area contributed by atoms with Crippen molar-refractivity contribution in [2.75, 3.05) is 26.7 Å². The van der Waals surface area contributed by atoms with Gasteiger partial charge in [0.25, 0.3) is 0 Å². The Morgan fingerprint density at radius 3 is 2.48 bits per heavy atom. The number of Topliss-reactive ketones (excluding diaryl/α,β-unsaturated/α-hetero) is 1. The number of rotatable bonds is 7. The van der Waals surface area contributed by atoms with Crippen molar-refractivity contribution < 1.29 is 14.6 Å². The number of ether oxygens (including phenoxy) is 1. The summed E-state index contributed by atoms with van der Waals surface area (Å²) in [6.07, 6.45) is 3.84. The van der Waals surface area contributed by atoms with Crippen LogP contribution in [0.3, 0.4) is 0 Å². The summed E-state index contributed by atoms with van der Waals surface area (Å²) in [5.74, 6) is 0.852. The molecule has 0 unspecified atom stereocenters. The average Bonchev–Trinajstić information content (AvgIpc) is 2.86. The van der Waals surface area contributed by atoms with Crippen LogP contribution in [0.5, 0.6) is 5.75 Å². The highest BCUT2D eigenvalue weighted by molar-refractivity contribution is 5.97. The Kier molecular flexibility index (Phi) is 5.37. The maximum atomic E-state index is 12.2. The van der Waals surface area contributed by atoms with Crippen molar-refractivity contribution >= 4 is 5.78 Å². The molecule has 0 spiro atoms. The summed E-state index contributed by atoms with van der Waals surface area (Å²) in [5.41, 5.74) is 0.0807. The van der Waals surface area contributed by atoms with E-state index in [0.29, 0.717) is 25.3 Å². The Morgan fingerprint density at radius 2 is 1.90 bits per heavy atom. The molecule has 0 amide bonds. The first-order valence-electron chi connectivity index (χ1n) is 7.69. The summed E-state index contributed by atoms with van der Waals surface area (Å²) in [6.45, 7) is 3.45. The molecule has 4 heteroatoms. The van der Waals surface area contributed by atoms with Crippen LogP contribution in [0, 0.1) is 0 Å². The van der Waals surface area contributed by atoms with Crippen molar-refractivity contribution in [1.82, 2.24) is 4.90 Å². The minimum absolute atomic E-state index is 0.0714. The molecule has 21 heavy (non-hydrogen) atoms. The van der Waals surface area contributed by atoms with E-state index in [9.17, 15) is 9.90 Å². The van der Waals surface area contributed by atoms with E-state index in [4.69, 9.17) is 4.74 Å². The highest BCUT2D eigenvalue weighted by Gasteiger charge is 2.32. The van der Waals surface area contributed by atoms with E-state index < -0.39 is 5.60 Å². The molecule has 0 atom stereocenters. The first-order chi connectivity index (χ1) is 10.0. The monoisotopic (exact) mass is 291 g/mol. The van der Waals surface area contributed by atoms with Crippen LogP contribution >= 0.6 is 0 Å². The fraction of sp³-hybridized carbons (Fsp3) is 0.588. The molecule has 1 N–H and O–H groups in total. The van der Waals surface area contributed by atoms with E-state index in [1.165, 1.54) is 0 Å². The van der Waals surface area contributed by atoms with Gasteiger partial charge in [0.2, 0.25) is 0 Å². The molecule has 1 aromatic carbocycles. The van der Waals surface area contributed by atoms with Gasteiger partial charge >= 0.3 is 0 Å². The number of likely N-dealkylation sites (N-methyl/N-ethyl adjacent to an activating group) is 1. The van der Waals surface area contributed by atoms with Gasteiger partial charge in [-0.05, 0) is 51.1 Å². The number of hydrogen-bond acceptors (Lipinski definition) is 4. The predicted molar refractivity (Wildman–Crippen MR) is 82.9 cm³/mol. The van der Waals surface area contributed by atoms with Crippen LogP contribution in [0.2, 0.25) is 0 Å². The largest absolute Gasteiger partial charge is 0.494 e. The number of hydrogen-bond donors (Lipinski definition) is 1.